The molecule has 3 aromatic rings. The number of aliphatic hydroxyl groups is 1. The molecule has 4 rings (SSSR count). The average molecular weight is 372 g/mol. The monoisotopic (exact) mass is 371 g/mol. The van der Waals surface area contributed by atoms with E-state index in [-0.39, 0.29) is 12.0 Å². The summed E-state index contributed by atoms with van der Waals surface area (Å²) in [6.07, 6.45) is 2.32. The molecule has 1 saturated heterocycles. The Labute approximate surface area is 157 Å². The Morgan fingerprint density at radius 2 is 2.04 bits per heavy atom. The van der Waals surface area contributed by atoms with Gasteiger partial charge in [0.15, 0.2) is 0 Å². The molecule has 1 aromatic carbocycles. The van der Waals surface area contributed by atoms with Gasteiger partial charge in [-0.2, -0.15) is 10.2 Å². The molecule has 2 atom stereocenters. The van der Waals surface area contributed by atoms with Crippen LogP contribution in [0.25, 0.3) is 11.3 Å². The van der Waals surface area contributed by atoms with Crippen LogP contribution in [-0.2, 0) is 13.0 Å². The molecule has 0 unspecified atom stereocenters. The highest BCUT2D eigenvalue weighted by Crippen LogP contribution is 2.27. The highest BCUT2D eigenvalue weighted by molar-refractivity contribution is 6.30. The number of aromatic amines is 2. The van der Waals surface area contributed by atoms with Crippen LogP contribution in [-0.4, -0.2) is 49.6 Å². The van der Waals surface area contributed by atoms with Crippen LogP contribution < -0.4 is 0 Å². The van der Waals surface area contributed by atoms with Crippen LogP contribution in [0.3, 0.4) is 0 Å². The minimum Gasteiger partial charge on any atom is -0.391 e. The third kappa shape index (κ3) is 3.67. The van der Waals surface area contributed by atoms with E-state index in [0.717, 1.165) is 47.7 Å². The number of aryl methyl sites for hydroxylation is 1. The van der Waals surface area contributed by atoms with E-state index in [1.807, 2.05) is 43.5 Å². The van der Waals surface area contributed by atoms with Crippen molar-refractivity contribution < 1.29 is 5.11 Å². The number of aliphatic hydroxyl groups excluding tert-OH is 1. The van der Waals surface area contributed by atoms with Crippen molar-refractivity contribution in [2.24, 2.45) is 5.92 Å². The number of hydrogen-bond donors (Lipinski definition) is 3. The number of likely N-dealkylation sites (tertiary alicyclic amines) is 1. The number of β-amino-alcohol motifs (C(OH)–C–C–N with tert-alkyl or cyclic N) is 1. The summed E-state index contributed by atoms with van der Waals surface area (Å²) in [5, 5.41) is 25.7. The highest BCUT2D eigenvalue weighted by Gasteiger charge is 2.32. The van der Waals surface area contributed by atoms with E-state index in [2.05, 4.69) is 25.3 Å². The molecule has 26 heavy (non-hydrogen) atoms. The van der Waals surface area contributed by atoms with Gasteiger partial charge in [-0.3, -0.25) is 15.1 Å². The second kappa shape index (κ2) is 7.23. The lowest BCUT2D eigenvalue weighted by molar-refractivity contribution is 0.140. The van der Waals surface area contributed by atoms with Gasteiger partial charge in [-0.25, -0.2) is 0 Å². The number of benzene rings is 1. The average Bonchev–Trinajstić information content (AvgIpc) is 3.31. The lowest BCUT2D eigenvalue weighted by Crippen LogP contribution is -2.21. The molecule has 0 aliphatic carbocycles. The maximum atomic E-state index is 10.5. The third-order valence-corrected chi connectivity index (χ3v) is 5.21. The number of hydrogen-bond acceptors (Lipinski definition) is 4. The molecule has 0 saturated carbocycles. The number of nitrogens with zero attached hydrogens (tertiary/aromatic N) is 3. The molecule has 0 spiro atoms. The van der Waals surface area contributed by atoms with Gasteiger partial charge in [-0.15, -0.1) is 0 Å². The first-order chi connectivity index (χ1) is 12.6. The molecule has 7 heteroatoms. The number of rotatable bonds is 5. The fraction of sp³-hybridized carbons (Fsp3) is 0.368. The highest BCUT2D eigenvalue weighted by atomic mass is 35.5. The zero-order chi connectivity index (χ0) is 18.1. The Kier molecular flexibility index (Phi) is 4.80. The third-order valence-electron chi connectivity index (χ3n) is 4.96. The molecule has 3 N–H and O–H groups in total. The van der Waals surface area contributed by atoms with Crippen molar-refractivity contribution in [3.63, 3.8) is 0 Å². The van der Waals surface area contributed by atoms with Gasteiger partial charge in [-0.05, 0) is 37.1 Å². The summed E-state index contributed by atoms with van der Waals surface area (Å²) in [5.41, 5.74) is 5.25. The SMILES string of the molecule is Cc1cc(C[C@@H]2CN(Cc3cn[nH]c3-c3ccc(Cl)cc3)C[C@@H]2O)n[nH]1. The Morgan fingerprint density at radius 3 is 2.77 bits per heavy atom. The first-order valence-corrected chi connectivity index (χ1v) is 9.16. The van der Waals surface area contributed by atoms with E-state index in [4.69, 9.17) is 11.6 Å². The topological polar surface area (TPSA) is 80.8 Å². The summed E-state index contributed by atoms with van der Waals surface area (Å²) in [6.45, 7) is 4.25. The van der Waals surface area contributed by atoms with E-state index in [1.54, 1.807) is 0 Å². The van der Waals surface area contributed by atoms with E-state index in [1.165, 1.54) is 0 Å². The van der Waals surface area contributed by atoms with Gasteiger partial charge in [-0.1, -0.05) is 23.7 Å². The first kappa shape index (κ1) is 17.3. The second-order valence-electron chi connectivity index (χ2n) is 7.05. The van der Waals surface area contributed by atoms with Crippen LogP contribution >= 0.6 is 11.6 Å². The molecular weight excluding hydrogens is 350 g/mol. The maximum Gasteiger partial charge on any atom is 0.0711 e. The number of nitrogens with one attached hydrogen (secondary N) is 2. The predicted molar refractivity (Wildman–Crippen MR) is 101 cm³/mol. The Morgan fingerprint density at radius 1 is 1.23 bits per heavy atom. The lowest BCUT2D eigenvalue weighted by atomic mass is 10.0. The largest absolute Gasteiger partial charge is 0.391 e. The van der Waals surface area contributed by atoms with Crippen molar-refractivity contribution in [1.82, 2.24) is 25.3 Å². The van der Waals surface area contributed by atoms with Crippen molar-refractivity contribution in [2.45, 2.75) is 26.0 Å². The number of H-pyrrole nitrogens is 2. The zero-order valence-electron chi connectivity index (χ0n) is 14.6. The summed E-state index contributed by atoms with van der Waals surface area (Å²) in [6, 6.07) is 9.78. The fourth-order valence-electron chi connectivity index (χ4n) is 3.66. The van der Waals surface area contributed by atoms with E-state index >= 15 is 0 Å². The normalized spacial score (nSPS) is 20.7. The van der Waals surface area contributed by atoms with Gasteiger partial charge in [0.25, 0.3) is 0 Å². The number of aromatic nitrogens is 4. The molecule has 0 bridgehead atoms. The van der Waals surface area contributed by atoms with Crippen LogP contribution in [0.2, 0.25) is 5.02 Å². The van der Waals surface area contributed by atoms with E-state index in [9.17, 15) is 5.11 Å². The van der Waals surface area contributed by atoms with Crippen molar-refractivity contribution in [3.8, 4) is 11.3 Å². The van der Waals surface area contributed by atoms with E-state index in [0.29, 0.717) is 11.6 Å². The molecule has 136 valence electrons. The van der Waals surface area contributed by atoms with Gasteiger partial charge < -0.3 is 5.11 Å². The molecule has 0 radical (unpaired) electrons. The summed E-state index contributed by atoms with van der Waals surface area (Å²) in [7, 11) is 0. The Hall–Kier alpha value is -2.15. The van der Waals surface area contributed by atoms with Crippen molar-refractivity contribution in [3.05, 3.63) is 58.5 Å². The van der Waals surface area contributed by atoms with Crippen LogP contribution in [0.1, 0.15) is 17.0 Å². The quantitative estimate of drug-likeness (QED) is 0.644. The van der Waals surface area contributed by atoms with Gasteiger partial charge in [0.2, 0.25) is 0 Å². The van der Waals surface area contributed by atoms with Crippen molar-refractivity contribution in [1.29, 1.82) is 0 Å². The Bertz CT molecular complexity index is 872. The smallest absolute Gasteiger partial charge is 0.0711 e. The molecule has 3 heterocycles. The molecule has 1 aliphatic rings. The summed E-state index contributed by atoms with van der Waals surface area (Å²) in [4.78, 5) is 2.28. The summed E-state index contributed by atoms with van der Waals surface area (Å²) in [5.74, 6) is 0.198. The molecule has 0 amide bonds. The van der Waals surface area contributed by atoms with Crippen molar-refractivity contribution in [2.75, 3.05) is 13.1 Å². The van der Waals surface area contributed by atoms with E-state index < -0.39 is 0 Å². The standard InChI is InChI=1S/C19H22ClN5O/c1-12-6-17(23-22-12)7-14-9-25(11-18(14)26)10-15-8-21-24-19(15)13-2-4-16(20)5-3-13/h2-6,8,14,18,26H,7,9-11H2,1H3,(H,21,24)(H,22,23)/t14-,18+/m1/s1. The van der Waals surface area contributed by atoms with Crippen LogP contribution in [0.15, 0.2) is 36.5 Å². The predicted octanol–water partition coefficient (Wildman–Crippen LogP) is 2.80. The molecule has 1 aliphatic heterocycles. The second-order valence-corrected chi connectivity index (χ2v) is 7.48. The summed E-state index contributed by atoms with van der Waals surface area (Å²) >= 11 is 5.98. The van der Waals surface area contributed by atoms with Crippen LogP contribution in [0.5, 0.6) is 0 Å². The maximum absolute atomic E-state index is 10.5. The van der Waals surface area contributed by atoms with Crippen LogP contribution in [0.4, 0.5) is 0 Å². The zero-order valence-corrected chi connectivity index (χ0v) is 15.4. The van der Waals surface area contributed by atoms with Gasteiger partial charge in [0.1, 0.15) is 0 Å². The molecule has 6 nitrogen and oxygen atoms in total. The minimum absolute atomic E-state index is 0.198. The van der Waals surface area contributed by atoms with Gasteiger partial charge in [0, 0.05) is 41.8 Å². The first-order valence-electron chi connectivity index (χ1n) is 8.78. The van der Waals surface area contributed by atoms with Crippen molar-refractivity contribution >= 4 is 11.6 Å². The molecule has 1 fully saturated rings. The molecular formula is C19H22ClN5O. The van der Waals surface area contributed by atoms with Gasteiger partial charge >= 0.3 is 0 Å². The minimum atomic E-state index is -0.335. The van der Waals surface area contributed by atoms with Crippen LogP contribution in [0, 0.1) is 12.8 Å². The molecule has 2 aromatic heterocycles. The Balaban J connectivity index is 1.44. The fourth-order valence-corrected chi connectivity index (χ4v) is 3.78. The lowest BCUT2D eigenvalue weighted by Gasteiger charge is -2.15. The summed E-state index contributed by atoms with van der Waals surface area (Å²) < 4.78 is 0. The van der Waals surface area contributed by atoms with Gasteiger partial charge in [0.05, 0.1) is 23.7 Å². The number of halogens is 1.